The van der Waals surface area contributed by atoms with Crippen LogP contribution in [0.2, 0.25) is 0 Å². The lowest BCUT2D eigenvalue weighted by atomic mass is 10.2. The fourth-order valence-electron chi connectivity index (χ4n) is 1.87. The number of sulfonamides is 1. The van der Waals surface area contributed by atoms with Crippen molar-refractivity contribution in [2.24, 2.45) is 0 Å². The number of hydrogen-bond donors (Lipinski definition) is 1. The molecule has 0 fully saturated rings. The van der Waals surface area contributed by atoms with Gasteiger partial charge in [-0.15, -0.1) is 0 Å². The first-order valence-electron chi connectivity index (χ1n) is 6.79. The average molecular weight is 347 g/mol. The van der Waals surface area contributed by atoms with Gasteiger partial charge in [0.2, 0.25) is 10.0 Å². The molecular weight excluding hydrogens is 333 g/mol. The fourth-order valence-corrected chi connectivity index (χ4v) is 2.85. The number of amides is 1. The molecule has 0 aliphatic carbocycles. The van der Waals surface area contributed by atoms with Gasteiger partial charge >= 0.3 is 0 Å². The lowest BCUT2D eigenvalue weighted by molar-refractivity contribution is 0.102. The first-order valence-corrected chi connectivity index (χ1v) is 8.23. The highest BCUT2D eigenvalue weighted by Gasteiger charge is 2.23. The second-order valence-electron chi connectivity index (χ2n) is 5.08. The van der Waals surface area contributed by atoms with Crippen molar-refractivity contribution in [3.05, 3.63) is 59.4 Å². The Morgan fingerprint density at radius 1 is 1.17 bits per heavy atom. The van der Waals surface area contributed by atoms with Crippen LogP contribution in [0.15, 0.2) is 47.4 Å². The molecule has 0 saturated carbocycles. The molecule has 0 unspecified atom stereocenters. The molecule has 2 aromatic rings. The summed E-state index contributed by atoms with van der Waals surface area (Å²) < 4.78 is 38.9. The van der Waals surface area contributed by atoms with E-state index in [1.165, 1.54) is 44.4 Å². The zero-order valence-electron chi connectivity index (χ0n) is 12.9. The summed E-state index contributed by atoms with van der Waals surface area (Å²) >= 11 is 0. The number of halogens is 1. The van der Waals surface area contributed by atoms with Crippen molar-refractivity contribution in [2.75, 3.05) is 19.4 Å². The monoisotopic (exact) mass is 347 g/mol. The molecule has 8 heteroatoms. The number of nitrogens with one attached hydrogen (secondary N) is 1. The Balaban J connectivity index is 2.32. The van der Waals surface area contributed by atoms with Crippen LogP contribution in [-0.4, -0.2) is 32.7 Å². The summed E-state index contributed by atoms with van der Waals surface area (Å²) in [4.78, 5) is 11.7. The molecule has 124 valence electrons. The standard InChI is InChI=1S/C16H14FN3O3S/c1-20(2)24(22,23)15-9-12(5-8-14(15)17)16(21)19-13-6-3-11(10-18)4-7-13/h3-9H,1-2H3,(H,19,21). The maximum Gasteiger partial charge on any atom is 0.255 e. The second kappa shape index (κ2) is 6.78. The van der Waals surface area contributed by atoms with E-state index in [0.717, 1.165) is 16.4 Å². The van der Waals surface area contributed by atoms with E-state index in [0.29, 0.717) is 11.3 Å². The van der Waals surface area contributed by atoms with Crippen LogP contribution in [0.5, 0.6) is 0 Å². The number of nitriles is 1. The molecule has 2 aromatic carbocycles. The summed E-state index contributed by atoms with van der Waals surface area (Å²) in [6, 6.07) is 11.2. The average Bonchev–Trinajstić information content (AvgIpc) is 2.55. The van der Waals surface area contributed by atoms with Crippen molar-refractivity contribution in [3.8, 4) is 6.07 Å². The van der Waals surface area contributed by atoms with E-state index in [-0.39, 0.29) is 5.56 Å². The Kier molecular flexibility index (Phi) is 4.97. The zero-order valence-corrected chi connectivity index (χ0v) is 13.8. The van der Waals surface area contributed by atoms with E-state index in [1.807, 2.05) is 6.07 Å². The highest BCUT2D eigenvalue weighted by Crippen LogP contribution is 2.20. The molecule has 0 aromatic heterocycles. The number of benzene rings is 2. The van der Waals surface area contributed by atoms with Crippen LogP contribution in [0, 0.1) is 17.1 Å². The highest BCUT2D eigenvalue weighted by molar-refractivity contribution is 7.89. The van der Waals surface area contributed by atoms with Crippen LogP contribution in [0.4, 0.5) is 10.1 Å². The van der Waals surface area contributed by atoms with Gasteiger partial charge in [0.15, 0.2) is 0 Å². The first-order chi connectivity index (χ1) is 11.3. The van der Waals surface area contributed by atoms with Gasteiger partial charge in [-0.25, -0.2) is 17.1 Å². The van der Waals surface area contributed by atoms with E-state index in [2.05, 4.69) is 5.32 Å². The molecular formula is C16H14FN3O3S. The summed E-state index contributed by atoms with van der Waals surface area (Å²) in [6.45, 7) is 0. The molecule has 0 spiro atoms. The Hall–Kier alpha value is -2.76. The zero-order chi connectivity index (χ0) is 17.9. The Bertz CT molecular complexity index is 917. The van der Waals surface area contributed by atoms with Crippen LogP contribution in [0.25, 0.3) is 0 Å². The summed E-state index contributed by atoms with van der Waals surface area (Å²) in [7, 11) is -1.45. The second-order valence-corrected chi connectivity index (χ2v) is 7.20. The normalized spacial score (nSPS) is 11.1. The predicted octanol–water partition coefficient (Wildman–Crippen LogP) is 2.20. The summed E-state index contributed by atoms with van der Waals surface area (Å²) in [6.07, 6.45) is 0. The van der Waals surface area contributed by atoms with Gasteiger partial charge in [-0.1, -0.05) is 0 Å². The maximum absolute atomic E-state index is 13.8. The highest BCUT2D eigenvalue weighted by atomic mass is 32.2. The Labute approximate surface area is 139 Å². The molecule has 0 saturated heterocycles. The van der Waals surface area contributed by atoms with Crippen molar-refractivity contribution in [3.63, 3.8) is 0 Å². The lowest BCUT2D eigenvalue weighted by Gasteiger charge is -2.13. The smallest absolute Gasteiger partial charge is 0.255 e. The molecule has 0 aliphatic heterocycles. The molecule has 0 aliphatic rings. The molecule has 1 N–H and O–H groups in total. The van der Waals surface area contributed by atoms with Crippen LogP contribution in [-0.2, 0) is 10.0 Å². The van der Waals surface area contributed by atoms with Crippen LogP contribution < -0.4 is 5.32 Å². The van der Waals surface area contributed by atoms with E-state index in [4.69, 9.17) is 5.26 Å². The minimum Gasteiger partial charge on any atom is -0.322 e. The number of nitrogens with zero attached hydrogens (tertiary/aromatic N) is 2. The summed E-state index contributed by atoms with van der Waals surface area (Å²) in [5.74, 6) is -1.52. The van der Waals surface area contributed by atoms with Crippen molar-refractivity contribution in [1.82, 2.24) is 4.31 Å². The van der Waals surface area contributed by atoms with E-state index in [9.17, 15) is 17.6 Å². The molecule has 6 nitrogen and oxygen atoms in total. The Morgan fingerprint density at radius 3 is 2.33 bits per heavy atom. The number of anilines is 1. The minimum absolute atomic E-state index is 0.00110. The van der Waals surface area contributed by atoms with Crippen molar-refractivity contribution < 1.29 is 17.6 Å². The van der Waals surface area contributed by atoms with Gasteiger partial charge in [0.05, 0.1) is 11.6 Å². The minimum atomic E-state index is -4.00. The summed E-state index contributed by atoms with van der Waals surface area (Å²) in [5, 5.41) is 11.3. The van der Waals surface area contributed by atoms with E-state index < -0.39 is 26.6 Å². The van der Waals surface area contributed by atoms with Crippen LogP contribution >= 0.6 is 0 Å². The van der Waals surface area contributed by atoms with Crippen molar-refractivity contribution in [2.45, 2.75) is 4.90 Å². The molecule has 0 bridgehead atoms. The Morgan fingerprint density at radius 2 is 1.79 bits per heavy atom. The van der Waals surface area contributed by atoms with Gasteiger partial charge in [0.1, 0.15) is 10.7 Å². The SMILES string of the molecule is CN(C)S(=O)(=O)c1cc(C(=O)Nc2ccc(C#N)cc2)ccc1F. The van der Waals surface area contributed by atoms with E-state index in [1.54, 1.807) is 0 Å². The lowest BCUT2D eigenvalue weighted by Crippen LogP contribution is -2.24. The molecule has 1 amide bonds. The maximum atomic E-state index is 13.8. The molecule has 0 radical (unpaired) electrons. The number of carbonyl (C=O) groups is 1. The summed E-state index contributed by atoms with van der Waals surface area (Å²) in [5.41, 5.74) is 0.871. The predicted molar refractivity (Wildman–Crippen MR) is 86.4 cm³/mol. The molecule has 0 heterocycles. The molecule has 2 rings (SSSR count). The van der Waals surface area contributed by atoms with Gasteiger partial charge in [0.25, 0.3) is 5.91 Å². The first kappa shape index (κ1) is 17.6. The number of rotatable bonds is 4. The number of carbonyl (C=O) groups excluding carboxylic acids is 1. The fraction of sp³-hybridized carbons (Fsp3) is 0.125. The van der Waals surface area contributed by atoms with Gasteiger partial charge in [-0.3, -0.25) is 4.79 Å². The van der Waals surface area contributed by atoms with Gasteiger partial charge < -0.3 is 5.32 Å². The van der Waals surface area contributed by atoms with Crippen LogP contribution in [0.3, 0.4) is 0 Å². The van der Waals surface area contributed by atoms with Crippen molar-refractivity contribution >= 4 is 21.6 Å². The van der Waals surface area contributed by atoms with E-state index >= 15 is 0 Å². The quantitative estimate of drug-likeness (QED) is 0.918. The third-order valence-electron chi connectivity index (χ3n) is 3.22. The van der Waals surface area contributed by atoms with Crippen LogP contribution in [0.1, 0.15) is 15.9 Å². The third kappa shape index (κ3) is 3.59. The molecule has 24 heavy (non-hydrogen) atoms. The topological polar surface area (TPSA) is 90.3 Å². The van der Waals surface area contributed by atoms with Gasteiger partial charge in [-0.05, 0) is 42.5 Å². The van der Waals surface area contributed by atoms with Gasteiger partial charge in [-0.2, -0.15) is 5.26 Å². The third-order valence-corrected chi connectivity index (χ3v) is 5.05. The largest absolute Gasteiger partial charge is 0.322 e. The van der Waals surface area contributed by atoms with Gasteiger partial charge in [0, 0.05) is 25.3 Å². The van der Waals surface area contributed by atoms with Crippen molar-refractivity contribution in [1.29, 1.82) is 5.26 Å². The number of hydrogen-bond acceptors (Lipinski definition) is 4. The molecule has 0 atom stereocenters.